The predicted molar refractivity (Wildman–Crippen MR) is 71.7 cm³/mol. The Morgan fingerprint density at radius 1 is 1.39 bits per heavy atom. The minimum Gasteiger partial charge on any atom is -0.469 e. The van der Waals surface area contributed by atoms with E-state index in [1.165, 1.54) is 12.7 Å². The fourth-order valence-corrected chi connectivity index (χ4v) is 1.74. The van der Waals surface area contributed by atoms with Gasteiger partial charge in [0.25, 0.3) is 0 Å². The highest BCUT2D eigenvalue weighted by Gasteiger charge is 2.12. The molecule has 0 saturated carbocycles. The van der Waals surface area contributed by atoms with Gasteiger partial charge < -0.3 is 15.2 Å². The molecule has 0 aliphatic heterocycles. The van der Waals surface area contributed by atoms with Gasteiger partial charge in [0, 0.05) is 12.2 Å². The Kier molecular flexibility index (Phi) is 5.65. The first-order valence-electron chi connectivity index (χ1n) is 6.12. The Morgan fingerprint density at radius 3 is 2.67 bits per heavy atom. The van der Waals surface area contributed by atoms with Crippen molar-refractivity contribution in [2.45, 2.75) is 32.3 Å². The molecule has 0 amide bonds. The number of esters is 1. The van der Waals surface area contributed by atoms with Crippen molar-refractivity contribution in [3.05, 3.63) is 29.8 Å². The average molecular weight is 251 g/mol. The normalized spacial score (nSPS) is 12.3. The molecule has 0 spiro atoms. The highest BCUT2D eigenvalue weighted by Crippen LogP contribution is 2.23. The summed E-state index contributed by atoms with van der Waals surface area (Å²) in [5, 5.41) is 12.8. The summed E-state index contributed by atoms with van der Waals surface area (Å²) in [5.74, 6) is 0.00731. The van der Waals surface area contributed by atoms with Gasteiger partial charge in [-0.2, -0.15) is 0 Å². The Hall–Kier alpha value is -1.55. The van der Waals surface area contributed by atoms with Crippen LogP contribution in [0.15, 0.2) is 24.3 Å². The van der Waals surface area contributed by atoms with Crippen molar-refractivity contribution in [2.75, 3.05) is 19.0 Å². The molecule has 18 heavy (non-hydrogen) atoms. The number of rotatable bonds is 6. The van der Waals surface area contributed by atoms with E-state index in [0.717, 1.165) is 5.69 Å². The van der Waals surface area contributed by atoms with Crippen LogP contribution in [-0.2, 0) is 9.53 Å². The number of carbonyl (C=O) groups excluding carboxylic acids is 1. The molecule has 0 heterocycles. The second kappa shape index (κ2) is 7.01. The lowest BCUT2D eigenvalue weighted by Crippen LogP contribution is -2.23. The van der Waals surface area contributed by atoms with Crippen molar-refractivity contribution in [3.63, 3.8) is 0 Å². The van der Waals surface area contributed by atoms with Crippen LogP contribution in [0, 0.1) is 0 Å². The van der Waals surface area contributed by atoms with E-state index in [-0.39, 0.29) is 6.42 Å². The molecule has 1 atom stereocenters. The molecule has 0 saturated heterocycles. The Balaban J connectivity index is 2.55. The lowest BCUT2D eigenvalue weighted by Gasteiger charge is -2.16. The van der Waals surface area contributed by atoms with Gasteiger partial charge in [0.15, 0.2) is 0 Å². The van der Waals surface area contributed by atoms with Gasteiger partial charge in [0.2, 0.25) is 0 Å². The second-order valence-corrected chi connectivity index (χ2v) is 4.56. The molecule has 2 N–H and O–H groups in total. The number of hydrogen-bond acceptors (Lipinski definition) is 4. The van der Waals surface area contributed by atoms with E-state index in [0.29, 0.717) is 12.5 Å². The Morgan fingerprint density at radius 2 is 2.06 bits per heavy atom. The number of methoxy groups -OCH3 is 1. The van der Waals surface area contributed by atoms with Crippen molar-refractivity contribution in [1.82, 2.24) is 0 Å². The lowest BCUT2D eigenvalue weighted by molar-refractivity contribution is -0.142. The third kappa shape index (κ3) is 4.37. The highest BCUT2D eigenvalue weighted by molar-refractivity contribution is 5.69. The summed E-state index contributed by atoms with van der Waals surface area (Å²) in [7, 11) is 1.32. The number of aliphatic hydroxyl groups is 1. The van der Waals surface area contributed by atoms with Crippen molar-refractivity contribution < 1.29 is 14.6 Å². The van der Waals surface area contributed by atoms with Crippen molar-refractivity contribution >= 4 is 11.7 Å². The van der Waals surface area contributed by atoms with Gasteiger partial charge in [0.1, 0.15) is 0 Å². The van der Waals surface area contributed by atoms with Gasteiger partial charge in [-0.15, -0.1) is 0 Å². The fourth-order valence-electron chi connectivity index (χ4n) is 1.74. The van der Waals surface area contributed by atoms with Gasteiger partial charge in [-0.3, -0.25) is 4.79 Å². The van der Waals surface area contributed by atoms with E-state index < -0.39 is 12.1 Å². The Bertz CT molecular complexity index is 390. The number of anilines is 1. The molecule has 0 fully saturated rings. The summed E-state index contributed by atoms with van der Waals surface area (Å²) < 4.78 is 4.51. The zero-order valence-corrected chi connectivity index (χ0v) is 11.1. The van der Waals surface area contributed by atoms with Gasteiger partial charge >= 0.3 is 5.97 Å². The summed E-state index contributed by atoms with van der Waals surface area (Å²) in [6.07, 6.45) is -0.731. The van der Waals surface area contributed by atoms with Gasteiger partial charge in [-0.05, 0) is 17.5 Å². The van der Waals surface area contributed by atoms with Gasteiger partial charge in [-0.25, -0.2) is 0 Å². The molecule has 4 nitrogen and oxygen atoms in total. The van der Waals surface area contributed by atoms with Crippen LogP contribution in [-0.4, -0.2) is 30.8 Å². The van der Waals surface area contributed by atoms with Crippen LogP contribution in [0.3, 0.4) is 0 Å². The monoisotopic (exact) mass is 251 g/mol. The third-order valence-electron chi connectivity index (χ3n) is 2.74. The topological polar surface area (TPSA) is 58.6 Å². The molecule has 1 rings (SSSR count). The second-order valence-electron chi connectivity index (χ2n) is 4.56. The zero-order valence-electron chi connectivity index (χ0n) is 11.1. The van der Waals surface area contributed by atoms with E-state index in [1.807, 2.05) is 18.2 Å². The molecule has 0 aliphatic rings. The van der Waals surface area contributed by atoms with E-state index in [4.69, 9.17) is 0 Å². The molecule has 1 aromatic carbocycles. The van der Waals surface area contributed by atoms with Crippen molar-refractivity contribution in [1.29, 1.82) is 0 Å². The summed E-state index contributed by atoms with van der Waals surface area (Å²) in [5.41, 5.74) is 2.19. The van der Waals surface area contributed by atoms with Crippen LogP contribution in [0.5, 0.6) is 0 Å². The molecule has 4 heteroatoms. The SMILES string of the molecule is COC(=O)CC(O)CNc1ccccc1C(C)C. The van der Waals surface area contributed by atoms with Crippen LogP contribution >= 0.6 is 0 Å². The smallest absolute Gasteiger partial charge is 0.308 e. The fraction of sp³-hybridized carbons (Fsp3) is 0.500. The number of ether oxygens (including phenoxy) is 1. The van der Waals surface area contributed by atoms with Crippen molar-refractivity contribution in [2.24, 2.45) is 0 Å². The summed E-state index contributed by atoms with van der Waals surface area (Å²) in [6, 6.07) is 7.96. The standard InChI is InChI=1S/C14H21NO3/c1-10(2)12-6-4-5-7-13(12)15-9-11(16)8-14(17)18-3/h4-7,10-11,15-16H,8-9H2,1-3H3. The molecule has 0 aromatic heterocycles. The number of hydrogen-bond donors (Lipinski definition) is 2. The largest absolute Gasteiger partial charge is 0.469 e. The maximum absolute atomic E-state index is 11.0. The van der Waals surface area contributed by atoms with E-state index in [9.17, 15) is 9.90 Å². The molecule has 0 aliphatic carbocycles. The van der Waals surface area contributed by atoms with Crippen molar-refractivity contribution in [3.8, 4) is 0 Å². The van der Waals surface area contributed by atoms with E-state index >= 15 is 0 Å². The third-order valence-corrected chi connectivity index (χ3v) is 2.74. The van der Waals surface area contributed by atoms with Crippen LogP contribution in [0.4, 0.5) is 5.69 Å². The number of para-hydroxylation sites is 1. The summed E-state index contributed by atoms with van der Waals surface area (Å²) in [4.78, 5) is 11.0. The quantitative estimate of drug-likeness (QED) is 0.761. The minimum absolute atomic E-state index is 0.00729. The number of benzene rings is 1. The molecular weight excluding hydrogens is 230 g/mol. The van der Waals surface area contributed by atoms with Crippen LogP contribution in [0.2, 0.25) is 0 Å². The first kappa shape index (κ1) is 14.5. The van der Waals surface area contributed by atoms with Crippen LogP contribution < -0.4 is 5.32 Å². The lowest BCUT2D eigenvalue weighted by atomic mass is 10.0. The highest BCUT2D eigenvalue weighted by atomic mass is 16.5. The maximum Gasteiger partial charge on any atom is 0.308 e. The first-order valence-corrected chi connectivity index (χ1v) is 6.12. The minimum atomic E-state index is -0.738. The molecule has 0 bridgehead atoms. The van der Waals surface area contributed by atoms with Crippen LogP contribution in [0.25, 0.3) is 0 Å². The summed E-state index contributed by atoms with van der Waals surface area (Å²) in [6.45, 7) is 4.57. The molecule has 100 valence electrons. The zero-order chi connectivity index (χ0) is 13.5. The Labute approximate surface area is 108 Å². The molecule has 1 unspecified atom stereocenters. The predicted octanol–water partition coefficient (Wildman–Crippen LogP) is 2.15. The van der Waals surface area contributed by atoms with E-state index in [1.54, 1.807) is 0 Å². The van der Waals surface area contributed by atoms with Gasteiger partial charge in [-0.1, -0.05) is 32.0 Å². The molecule has 0 radical (unpaired) electrons. The molecular formula is C14H21NO3. The number of nitrogens with one attached hydrogen (secondary N) is 1. The number of carbonyl (C=O) groups is 1. The number of aliphatic hydroxyl groups excluding tert-OH is 1. The maximum atomic E-state index is 11.0. The average Bonchev–Trinajstić information content (AvgIpc) is 2.36. The summed E-state index contributed by atoms with van der Waals surface area (Å²) >= 11 is 0. The first-order chi connectivity index (χ1) is 8.54. The molecule has 1 aromatic rings. The van der Waals surface area contributed by atoms with E-state index in [2.05, 4.69) is 30.0 Å². The van der Waals surface area contributed by atoms with Gasteiger partial charge in [0.05, 0.1) is 19.6 Å². The van der Waals surface area contributed by atoms with Crippen LogP contribution in [0.1, 0.15) is 31.7 Å².